The Morgan fingerprint density at radius 1 is 0.400 bits per heavy atom. The molecular formula is C18H13BrN2S39. The Bertz CT molecular complexity index is 3810. The zero-order valence-corrected chi connectivity index (χ0v) is 60.9. The first-order chi connectivity index (χ1) is 29.7. The lowest BCUT2D eigenvalue weighted by atomic mass is 10.1. The van der Waals surface area contributed by atoms with E-state index >= 15 is 0 Å². The molecule has 42 heteroatoms. The van der Waals surface area contributed by atoms with Crippen molar-refractivity contribution in [3.05, 3.63) is 71.0 Å². The van der Waals surface area contributed by atoms with Crippen molar-refractivity contribution >= 4 is 383 Å². The zero-order chi connectivity index (χ0) is 42.6. The minimum atomic E-state index is 0.879. The van der Waals surface area contributed by atoms with Crippen LogP contribution in [0, 0.1) is 6.92 Å². The molecule has 0 unspecified atom stereocenters. The third-order valence-electron chi connectivity index (χ3n) is 4.83. The van der Waals surface area contributed by atoms with Crippen LogP contribution in [0.2, 0.25) is 0 Å². The maximum absolute atomic E-state index is 4.80. The van der Waals surface area contributed by atoms with Gasteiger partial charge in [-0.25, -0.2) is 4.98 Å². The number of benzene rings is 2. The lowest BCUT2D eigenvalue weighted by Gasteiger charge is -2.07. The van der Waals surface area contributed by atoms with Crippen molar-refractivity contribution in [3.63, 3.8) is 0 Å². The molecule has 2 aromatic carbocycles. The summed E-state index contributed by atoms with van der Waals surface area (Å²) in [6.07, 6.45) is 2.16. The lowest BCUT2D eigenvalue weighted by Crippen LogP contribution is -1.92. The van der Waals surface area contributed by atoms with Crippen molar-refractivity contribution in [3.8, 4) is 11.3 Å². The van der Waals surface area contributed by atoms with Crippen LogP contribution in [0.3, 0.4) is 0 Å². The number of aromatic nitrogens is 2. The van der Waals surface area contributed by atoms with E-state index in [1.807, 2.05) is 210 Å². The van der Waals surface area contributed by atoms with E-state index in [-0.39, 0.29) is 0 Å². The van der Waals surface area contributed by atoms with E-state index in [9.17, 15) is 0 Å². The highest BCUT2D eigenvalue weighted by Gasteiger charge is 2.14. The van der Waals surface area contributed by atoms with Gasteiger partial charge in [0, 0.05) is 368 Å². The van der Waals surface area contributed by atoms with Gasteiger partial charge in [0.25, 0.3) is 0 Å². The molecule has 0 saturated carbocycles. The summed E-state index contributed by atoms with van der Waals surface area (Å²) in [5.41, 5.74) is 4.49. The summed E-state index contributed by atoms with van der Waals surface area (Å²) in [6, 6.07) is 18.8. The molecule has 0 fully saturated rings. The summed E-state index contributed by atoms with van der Waals surface area (Å²) in [6.45, 7) is 2.14. The molecule has 4 rings (SSSR count). The van der Waals surface area contributed by atoms with Gasteiger partial charge in [-0.05, 0) is 33.8 Å². The zero-order valence-electron chi connectivity index (χ0n) is 27.5. The maximum atomic E-state index is 4.80. The largest absolute Gasteiger partial charge is 0.298 e. The van der Waals surface area contributed by atoms with Crippen molar-refractivity contribution in [1.82, 2.24) is 9.38 Å². The van der Waals surface area contributed by atoms with Crippen molar-refractivity contribution in [1.29, 1.82) is 0 Å². The number of hydrogen-bond donors (Lipinski definition) is 0. The van der Waals surface area contributed by atoms with Crippen LogP contribution in [0.4, 0.5) is 0 Å². The first kappa shape index (κ1) is 60.8. The molecule has 0 spiro atoms. The summed E-state index contributed by atoms with van der Waals surface area (Å²) in [5.74, 6) is 0. The van der Waals surface area contributed by atoms with E-state index in [1.165, 1.54) is 34.1 Å². The number of halogens is 1. The van der Waals surface area contributed by atoms with Crippen LogP contribution < -0.4 is 0 Å². The molecule has 0 saturated heterocycles. The fourth-order valence-electron chi connectivity index (χ4n) is 3.26. The van der Waals surface area contributed by atoms with E-state index in [0.29, 0.717) is 0 Å². The molecule has 0 aliphatic rings. The van der Waals surface area contributed by atoms with E-state index in [4.69, 9.17) is 27.4 Å². The van der Waals surface area contributed by atoms with Gasteiger partial charge in [-0.3, -0.25) is 4.40 Å². The Morgan fingerprint density at radius 3 is 1.00 bits per heavy atom. The Morgan fingerprint density at radius 2 is 0.683 bits per heavy atom. The first-order valence-corrected chi connectivity index (χ1v) is 64.7. The molecule has 0 atom stereocenters. The monoisotopic (exact) mass is 1580 g/mol. The summed E-state index contributed by atoms with van der Waals surface area (Å²) in [5, 5.41) is 2.43. The van der Waals surface area contributed by atoms with E-state index < -0.39 is 0 Å². The minimum absolute atomic E-state index is 0.879. The Labute approximate surface area is 470 Å². The van der Waals surface area contributed by atoms with Crippen LogP contribution in [-0.4, -0.2) is 9.38 Å². The van der Waals surface area contributed by atoms with Crippen LogP contribution in [0.25, 0.3) is 27.7 Å². The van der Waals surface area contributed by atoms with Crippen molar-refractivity contribution in [2.45, 2.75) is 6.92 Å². The summed E-state index contributed by atoms with van der Waals surface area (Å²) in [4.78, 5) is 4.74. The second kappa shape index (κ2) is 44.2. The molecule has 0 N–H and O–H groups in total. The Balaban J connectivity index is 0.000000376. The average molecular weight is 1590 g/mol. The Kier molecular flexibility index (Phi) is 44.7. The fourth-order valence-corrected chi connectivity index (χ4v) is 99.9. The van der Waals surface area contributed by atoms with Gasteiger partial charge in [-0.15, -0.1) is 0 Å². The predicted octanol–water partition coefficient (Wildman–Crippen LogP) is 5.13. The second-order valence-electron chi connectivity index (χ2n) is 7.69. The number of rotatable bonds is 1. The number of aryl methyl sites for hydroxylation is 1. The maximum Gasteiger partial charge on any atom is 0.146 e. The van der Waals surface area contributed by atoms with E-state index in [1.54, 1.807) is 107 Å². The van der Waals surface area contributed by atoms with Crippen LogP contribution in [-0.2, 0) is 351 Å². The highest BCUT2D eigenvalue weighted by Crippen LogP contribution is 2.33. The van der Waals surface area contributed by atoms with E-state index in [2.05, 4.69) is 82.0 Å². The SMILES string of the molecule is Cc1cn2c(-c3ccccc3)c(Br)nc2c2ccccc12.S=S=S=S=S=S=S=S=S=S=S=S=S=S=S=S=S=S=S=S=S=S=S=S=S=S=S=S=S=S=S=S=S=S=S=S=S=S=S. The standard InChI is InChI=1S/C18H13BrN2.S39/c1-12-11-21-16(13-7-3-2-4-8-13)17(19)20-18(21)15-10-6-5-9-14(12)15;1-3-5-7-9-11-13-15-17-19-21-23-25-27-29-31-33-35-37-39-38-36-34-32-30-28-26-24-22-20-18-16-14-12-10-8-6-4-2/h2-11H,1H3;. The quantitative estimate of drug-likeness (QED) is 0.264. The van der Waals surface area contributed by atoms with Gasteiger partial charge >= 0.3 is 0 Å². The van der Waals surface area contributed by atoms with Crippen molar-refractivity contribution in [2.75, 3.05) is 0 Å². The van der Waals surface area contributed by atoms with Crippen molar-refractivity contribution < 1.29 is 0 Å². The normalized spacial score (nSPS) is 8.97. The van der Waals surface area contributed by atoms with Crippen molar-refractivity contribution in [2.24, 2.45) is 0 Å². The third-order valence-corrected chi connectivity index (χ3v) is 85.4. The molecule has 2 nitrogen and oxygen atoms in total. The molecular weight excluding hydrogens is 1570 g/mol. The van der Waals surface area contributed by atoms with Crippen LogP contribution in [0.15, 0.2) is 65.4 Å². The molecule has 0 amide bonds. The lowest BCUT2D eigenvalue weighted by molar-refractivity contribution is 1.18. The molecule has 2 aromatic heterocycles. The predicted molar refractivity (Wildman–Crippen MR) is 378 cm³/mol. The highest BCUT2D eigenvalue weighted by molar-refractivity contribution is 9.10. The number of pyridine rings is 1. The molecule has 4 aromatic rings. The summed E-state index contributed by atoms with van der Waals surface area (Å²) < 4.78 is 3.06. The number of imidazole rings is 1. The summed E-state index contributed by atoms with van der Waals surface area (Å²) >= 11 is 13.2. The van der Waals surface area contributed by atoms with Crippen LogP contribution >= 0.6 is 15.9 Å². The topological polar surface area (TPSA) is 17.3 Å². The minimum Gasteiger partial charge on any atom is -0.298 e. The fraction of sp³-hybridized carbons (Fsp3) is 0.0556. The molecule has 0 bridgehead atoms. The molecule has 2 heterocycles. The Hall–Kier alpha value is 6.45. The number of hydrogen-bond acceptors (Lipinski definition) is 3. The molecule has 0 radical (unpaired) electrons. The molecule has 0 aliphatic heterocycles. The summed E-state index contributed by atoms with van der Waals surface area (Å²) in [7, 11) is 65.6. The third kappa shape index (κ3) is 29.7. The molecule has 0 aliphatic carbocycles. The van der Waals surface area contributed by atoms with Gasteiger partial charge < -0.3 is 0 Å². The van der Waals surface area contributed by atoms with Gasteiger partial charge in [0.2, 0.25) is 0 Å². The van der Waals surface area contributed by atoms with Crippen LogP contribution in [0.5, 0.6) is 0 Å². The highest BCUT2D eigenvalue weighted by atomic mass is 79.9. The smallest absolute Gasteiger partial charge is 0.146 e. The number of nitrogens with zero attached hydrogens (tertiary/aromatic N) is 2. The van der Waals surface area contributed by atoms with Gasteiger partial charge in [-0.2, -0.15) is 0 Å². The molecule has 336 valence electrons. The first-order valence-electron chi connectivity index (χ1n) is 13.2. The van der Waals surface area contributed by atoms with Gasteiger partial charge in [0.1, 0.15) is 10.3 Å². The van der Waals surface area contributed by atoms with Gasteiger partial charge in [-0.1, -0.05) is 54.6 Å². The van der Waals surface area contributed by atoms with E-state index in [0.717, 1.165) is 21.5 Å². The second-order valence-corrected chi connectivity index (χ2v) is 73.9. The van der Waals surface area contributed by atoms with Gasteiger partial charge in [0.15, 0.2) is 0 Å². The van der Waals surface area contributed by atoms with Crippen LogP contribution in [0.1, 0.15) is 5.56 Å². The number of fused-ring (bicyclic) bond motifs is 3. The van der Waals surface area contributed by atoms with Gasteiger partial charge in [0.05, 0.1) is 5.69 Å². The average Bonchev–Trinajstić information content (AvgIpc) is 3.61. The molecule has 60 heavy (non-hydrogen) atoms.